The van der Waals surface area contributed by atoms with Crippen molar-refractivity contribution in [2.75, 3.05) is 31.6 Å². The number of nitrogens with one attached hydrogen (secondary N) is 1. The molecule has 2 aromatic rings. The minimum absolute atomic E-state index is 0.0138. The van der Waals surface area contributed by atoms with Crippen LogP contribution >= 0.6 is 27.5 Å². The van der Waals surface area contributed by atoms with Gasteiger partial charge in [-0.1, -0.05) is 11.6 Å². The first-order valence-electron chi connectivity index (χ1n) is 8.21. The topological polar surface area (TPSA) is 99.5 Å². The molecule has 1 fully saturated rings. The lowest BCUT2D eigenvalue weighted by atomic mass is 10.2. The number of hydrogen-bond acceptors (Lipinski definition) is 5. The molecule has 0 bridgehead atoms. The number of amides is 1. The molecule has 1 aliphatic heterocycles. The second-order valence-corrected chi connectivity index (χ2v) is 9.09. The van der Waals surface area contributed by atoms with Crippen LogP contribution in [0.25, 0.3) is 0 Å². The Labute approximate surface area is 176 Å². The molecular weight excluding hydrogens is 470 g/mol. The lowest BCUT2D eigenvalue weighted by Crippen LogP contribution is -2.40. The van der Waals surface area contributed by atoms with E-state index < -0.39 is 15.9 Å². The Kier molecular flexibility index (Phi) is 6.37. The molecule has 0 saturated carbocycles. The molecule has 7 nitrogen and oxygen atoms in total. The molecule has 0 aromatic heterocycles. The minimum Gasteiger partial charge on any atom is -0.379 e. The van der Waals surface area contributed by atoms with Gasteiger partial charge in [-0.15, -0.1) is 0 Å². The van der Waals surface area contributed by atoms with Gasteiger partial charge in [0.25, 0.3) is 5.91 Å². The lowest BCUT2D eigenvalue weighted by molar-refractivity contribution is 0.0730. The van der Waals surface area contributed by atoms with Crippen LogP contribution in [0.15, 0.2) is 45.8 Å². The third kappa shape index (κ3) is 4.37. The van der Waals surface area contributed by atoms with Gasteiger partial charge < -0.3 is 10.1 Å². The third-order valence-electron chi connectivity index (χ3n) is 4.13. The molecule has 2 aromatic carbocycles. The molecule has 146 valence electrons. The molecule has 10 heteroatoms. The van der Waals surface area contributed by atoms with Crippen molar-refractivity contribution in [3.63, 3.8) is 0 Å². The molecule has 0 unspecified atom stereocenters. The highest BCUT2D eigenvalue weighted by atomic mass is 79.9. The van der Waals surface area contributed by atoms with Gasteiger partial charge in [-0.2, -0.15) is 9.57 Å². The van der Waals surface area contributed by atoms with E-state index in [1.54, 1.807) is 6.07 Å². The first-order valence-corrected chi connectivity index (χ1v) is 10.8. The van der Waals surface area contributed by atoms with Crippen molar-refractivity contribution >= 4 is 49.1 Å². The van der Waals surface area contributed by atoms with Crippen molar-refractivity contribution in [3.8, 4) is 6.07 Å². The lowest BCUT2D eigenvalue weighted by Gasteiger charge is -2.26. The van der Waals surface area contributed by atoms with E-state index in [0.29, 0.717) is 28.9 Å². The van der Waals surface area contributed by atoms with E-state index in [1.165, 1.54) is 34.6 Å². The number of ether oxygens (including phenoxy) is 1. The smallest absolute Gasteiger partial charge is 0.255 e. The van der Waals surface area contributed by atoms with Crippen LogP contribution in [-0.2, 0) is 14.8 Å². The average molecular weight is 485 g/mol. The molecule has 0 aliphatic carbocycles. The summed E-state index contributed by atoms with van der Waals surface area (Å²) in [6.07, 6.45) is 0. The average Bonchev–Trinajstić information content (AvgIpc) is 2.69. The summed E-state index contributed by atoms with van der Waals surface area (Å²) in [6.45, 7) is 1.18. The predicted octanol–water partition coefficient (Wildman–Crippen LogP) is 3.25. The first-order chi connectivity index (χ1) is 13.3. The summed E-state index contributed by atoms with van der Waals surface area (Å²) < 4.78 is 32.7. The number of carbonyl (C=O) groups excluding carboxylic acids is 1. The molecule has 1 heterocycles. The number of anilines is 1. The SMILES string of the molecule is N#Cc1ccc(NC(=O)c2ccc(Br)c(S(=O)(=O)N3CCOCC3)c2)cc1Cl. The normalized spacial score (nSPS) is 15.0. The van der Waals surface area contributed by atoms with Gasteiger partial charge in [0, 0.05) is 28.8 Å². The molecule has 1 amide bonds. The van der Waals surface area contributed by atoms with Gasteiger partial charge in [-0.25, -0.2) is 8.42 Å². The summed E-state index contributed by atoms with van der Waals surface area (Å²) in [6, 6.07) is 10.8. The quantitative estimate of drug-likeness (QED) is 0.718. The summed E-state index contributed by atoms with van der Waals surface area (Å²) in [5.41, 5.74) is 0.868. The van der Waals surface area contributed by atoms with Gasteiger partial charge in [-0.05, 0) is 52.3 Å². The monoisotopic (exact) mass is 483 g/mol. The highest BCUT2D eigenvalue weighted by molar-refractivity contribution is 9.10. The van der Waals surface area contributed by atoms with Crippen LogP contribution in [-0.4, -0.2) is 44.9 Å². The van der Waals surface area contributed by atoms with Gasteiger partial charge in [0.1, 0.15) is 6.07 Å². The Balaban J connectivity index is 1.87. The zero-order chi connectivity index (χ0) is 20.3. The maximum Gasteiger partial charge on any atom is 0.255 e. The van der Waals surface area contributed by atoms with E-state index in [-0.39, 0.29) is 28.6 Å². The van der Waals surface area contributed by atoms with E-state index in [1.807, 2.05) is 6.07 Å². The number of nitrogens with zero attached hydrogens (tertiary/aromatic N) is 2. The van der Waals surface area contributed by atoms with Gasteiger partial charge in [0.15, 0.2) is 0 Å². The highest BCUT2D eigenvalue weighted by Gasteiger charge is 2.29. The van der Waals surface area contributed by atoms with E-state index in [0.717, 1.165) is 0 Å². The van der Waals surface area contributed by atoms with Crippen molar-refractivity contribution in [1.82, 2.24) is 4.31 Å². The van der Waals surface area contributed by atoms with E-state index in [2.05, 4.69) is 21.2 Å². The molecule has 1 N–H and O–H groups in total. The molecule has 1 aliphatic rings. The fraction of sp³-hybridized carbons (Fsp3) is 0.222. The molecule has 1 saturated heterocycles. The van der Waals surface area contributed by atoms with E-state index in [4.69, 9.17) is 21.6 Å². The van der Waals surface area contributed by atoms with E-state index in [9.17, 15) is 13.2 Å². The van der Waals surface area contributed by atoms with Crippen LogP contribution < -0.4 is 5.32 Å². The number of rotatable bonds is 4. The van der Waals surface area contributed by atoms with Crippen molar-refractivity contribution < 1.29 is 17.9 Å². The second kappa shape index (κ2) is 8.59. The molecule has 3 rings (SSSR count). The van der Waals surface area contributed by atoms with E-state index >= 15 is 0 Å². The number of nitriles is 1. The Hall–Kier alpha value is -1.96. The largest absolute Gasteiger partial charge is 0.379 e. The fourth-order valence-corrected chi connectivity index (χ4v) is 5.24. The van der Waals surface area contributed by atoms with Crippen LogP contribution in [0.3, 0.4) is 0 Å². The molecule has 0 radical (unpaired) electrons. The summed E-state index contributed by atoms with van der Waals surface area (Å²) >= 11 is 9.23. The van der Waals surface area contributed by atoms with Gasteiger partial charge in [0.05, 0.1) is 28.7 Å². The van der Waals surface area contributed by atoms with Gasteiger partial charge >= 0.3 is 0 Å². The summed E-state index contributed by atoms with van der Waals surface area (Å²) in [7, 11) is -3.77. The first kappa shape index (κ1) is 20.8. The van der Waals surface area contributed by atoms with Crippen LogP contribution in [0.1, 0.15) is 15.9 Å². The zero-order valence-electron chi connectivity index (χ0n) is 14.5. The highest BCUT2D eigenvalue weighted by Crippen LogP contribution is 2.27. The predicted molar refractivity (Wildman–Crippen MR) is 108 cm³/mol. The molecule has 0 spiro atoms. The fourth-order valence-electron chi connectivity index (χ4n) is 2.66. The second-order valence-electron chi connectivity index (χ2n) is 5.92. The van der Waals surface area contributed by atoms with Gasteiger partial charge in [-0.3, -0.25) is 4.79 Å². The van der Waals surface area contributed by atoms with Crippen LogP contribution in [0, 0.1) is 11.3 Å². The number of carbonyl (C=O) groups is 1. The maximum absolute atomic E-state index is 12.9. The minimum atomic E-state index is -3.77. The molecular formula is C18H15BrClN3O4S. The number of halogens is 2. The van der Waals surface area contributed by atoms with Crippen molar-refractivity contribution in [2.24, 2.45) is 0 Å². The Morgan fingerprint density at radius 1 is 1.21 bits per heavy atom. The maximum atomic E-state index is 12.9. The Bertz CT molecular complexity index is 1060. The van der Waals surface area contributed by atoms with Crippen molar-refractivity contribution in [3.05, 3.63) is 57.0 Å². The van der Waals surface area contributed by atoms with Crippen LogP contribution in [0.2, 0.25) is 5.02 Å². The standard InChI is InChI=1S/C18H15BrClN3O4S/c19-15-4-2-12(9-17(15)28(25,26)23-5-7-27-8-6-23)18(24)22-14-3-1-13(11-21)16(20)10-14/h1-4,9-10H,5-8H2,(H,22,24). The molecule has 0 atom stereocenters. The number of benzene rings is 2. The van der Waals surface area contributed by atoms with Crippen molar-refractivity contribution in [1.29, 1.82) is 5.26 Å². The van der Waals surface area contributed by atoms with Crippen LogP contribution in [0.5, 0.6) is 0 Å². The van der Waals surface area contributed by atoms with Gasteiger partial charge in [0.2, 0.25) is 10.0 Å². The third-order valence-corrected chi connectivity index (χ3v) is 7.33. The number of hydrogen-bond donors (Lipinski definition) is 1. The number of morpholine rings is 1. The summed E-state index contributed by atoms with van der Waals surface area (Å²) in [4.78, 5) is 12.6. The molecule has 28 heavy (non-hydrogen) atoms. The summed E-state index contributed by atoms with van der Waals surface area (Å²) in [5.74, 6) is -0.494. The Morgan fingerprint density at radius 3 is 2.57 bits per heavy atom. The summed E-state index contributed by atoms with van der Waals surface area (Å²) in [5, 5.41) is 11.8. The zero-order valence-corrected chi connectivity index (χ0v) is 17.6. The van der Waals surface area contributed by atoms with Crippen molar-refractivity contribution in [2.45, 2.75) is 4.90 Å². The van der Waals surface area contributed by atoms with Crippen LogP contribution in [0.4, 0.5) is 5.69 Å². The Morgan fingerprint density at radius 2 is 1.93 bits per heavy atom. The number of sulfonamides is 1.